The molecule has 0 aliphatic carbocycles. The van der Waals surface area contributed by atoms with Gasteiger partial charge in [-0.2, -0.15) is 0 Å². The summed E-state index contributed by atoms with van der Waals surface area (Å²) < 4.78 is 12.2. The molecular weight excluding hydrogens is 383 g/mol. The summed E-state index contributed by atoms with van der Waals surface area (Å²) in [5.74, 6) is 0.804. The lowest BCUT2D eigenvalue weighted by Gasteiger charge is -2.30. The normalized spacial score (nSPS) is 25.2. The van der Waals surface area contributed by atoms with Gasteiger partial charge >= 0.3 is 0 Å². The molecular formula is C13H15Br2ClO2. The van der Waals surface area contributed by atoms with E-state index in [1.54, 1.807) is 7.11 Å². The Morgan fingerprint density at radius 2 is 2.22 bits per heavy atom. The summed E-state index contributed by atoms with van der Waals surface area (Å²) in [6.07, 6.45) is 2.11. The maximum absolute atomic E-state index is 6.13. The van der Waals surface area contributed by atoms with Gasteiger partial charge in [-0.3, -0.25) is 0 Å². The molecule has 2 nitrogen and oxygen atoms in total. The molecule has 0 saturated carbocycles. The minimum atomic E-state index is -0.211. The summed E-state index contributed by atoms with van der Waals surface area (Å²) >= 11 is 13.4. The quantitative estimate of drug-likeness (QED) is 0.658. The summed E-state index contributed by atoms with van der Waals surface area (Å²) in [4.78, 5) is 0.0532. The van der Waals surface area contributed by atoms with Crippen molar-refractivity contribution in [3.05, 3.63) is 27.2 Å². The minimum absolute atomic E-state index is 0.0532. The van der Waals surface area contributed by atoms with Crippen molar-refractivity contribution in [3.63, 3.8) is 0 Å². The van der Waals surface area contributed by atoms with Gasteiger partial charge in [0.25, 0.3) is 0 Å². The highest BCUT2D eigenvalue weighted by atomic mass is 79.9. The maximum Gasteiger partial charge on any atom is 0.137 e. The van der Waals surface area contributed by atoms with Crippen molar-refractivity contribution in [1.29, 1.82) is 0 Å². The molecule has 18 heavy (non-hydrogen) atoms. The van der Waals surface area contributed by atoms with Crippen molar-refractivity contribution >= 4 is 43.5 Å². The average Bonchev–Trinajstić information content (AvgIpc) is 2.75. The van der Waals surface area contributed by atoms with E-state index in [2.05, 4.69) is 38.8 Å². The highest BCUT2D eigenvalue weighted by molar-refractivity contribution is 9.10. The fourth-order valence-corrected chi connectivity index (χ4v) is 4.01. The third-order valence-electron chi connectivity index (χ3n) is 3.30. The van der Waals surface area contributed by atoms with Crippen LogP contribution in [0.1, 0.15) is 30.2 Å². The van der Waals surface area contributed by atoms with Crippen molar-refractivity contribution in [3.8, 4) is 5.75 Å². The van der Waals surface area contributed by atoms with Crippen LogP contribution in [0.3, 0.4) is 0 Å². The number of alkyl halides is 1. The second kappa shape index (κ2) is 5.70. The van der Waals surface area contributed by atoms with Crippen LogP contribution in [-0.2, 0) is 4.74 Å². The lowest BCUT2D eigenvalue weighted by molar-refractivity contribution is 0.0193. The summed E-state index contributed by atoms with van der Waals surface area (Å²) in [5.41, 5.74) is 0.804. The van der Waals surface area contributed by atoms with Gasteiger partial charge in [0.05, 0.1) is 22.0 Å². The van der Waals surface area contributed by atoms with Crippen LogP contribution in [0.5, 0.6) is 5.75 Å². The molecule has 1 fully saturated rings. The van der Waals surface area contributed by atoms with E-state index in [9.17, 15) is 0 Å². The van der Waals surface area contributed by atoms with Gasteiger partial charge in [-0.1, -0.05) is 27.5 Å². The van der Waals surface area contributed by atoms with Gasteiger partial charge in [-0.05, 0) is 47.8 Å². The van der Waals surface area contributed by atoms with Crippen LogP contribution in [0, 0.1) is 0 Å². The molecule has 0 bridgehead atoms. The Balaban J connectivity index is 2.43. The van der Waals surface area contributed by atoms with E-state index in [0.717, 1.165) is 35.2 Å². The summed E-state index contributed by atoms with van der Waals surface area (Å²) in [7, 11) is 1.66. The first-order chi connectivity index (χ1) is 8.48. The van der Waals surface area contributed by atoms with E-state index in [-0.39, 0.29) is 10.4 Å². The van der Waals surface area contributed by atoms with E-state index < -0.39 is 0 Å². The molecule has 2 rings (SSSR count). The first-order valence-electron chi connectivity index (χ1n) is 5.79. The zero-order valence-electron chi connectivity index (χ0n) is 10.3. The Morgan fingerprint density at radius 1 is 1.50 bits per heavy atom. The lowest BCUT2D eigenvalue weighted by atomic mass is 9.93. The van der Waals surface area contributed by atoms with Crippen LogP contribution in [0.15, 0.2) is 16.6 Å². The van der Waals surface area contributed by atoms with Gasteiger partial charge in [0.2, 0.25) is 0 Å². The molecule has 1 aromatic rings. The number of hydrogen-bond donors (Lipinski definition) is 0. The molecule has 1 aromatic carbocycles. The average molecular weight is 399 g/mol. The summed E-state index contributed by atoms with van der Waals surface area (Å²) in [6.45, 7) is 2.93. The standard InChI is InChI=1S/C13H15Br2ClO2/c1-13(4-3-5-18-13)12(15)9-6-8(16)7-10(14)11(9)17-2/h6-7,12H,3-5H2,1-2H3. The number of hydrogen-bond acceptors (Lipinski definition) is 2. The van der Waals surface area contributed by atoms with Gasteiger partial charge in [-0.15, -0.1) is 0 Å². The van der Waals surface area contributed by atoms with E-state index >= 15 is 0 Å². The molecule has 1 aliphatic rings. The molecule has 1 aliphatic heterocycles. The summed E-state index contributed by atoms with van der Waals surface area (Å²) in [6, 6.07) is 3.76. The number of rotatable bonds is 3. The fraction of sp³-hybridized carbons (Fsp3) is 0.538. The highest BCUT2D eigenvalue weighted by Crippen LogP contribution is 2.48. The predicted molar refractivity (Wildman–Crippen MR) is 81.0 cm³/mol. The third kappa shape index (κ3) is 2.72. The van der Waals surface area contributed by atoms with Crippen molar-refractivity contribution in [2.75, 3.05) is 13.7 Å². The molecule has 2 unspecified atom stereocenters. The number of halogens is 3. The molecule has 0 aromatic heterocycles. The lowest BCUT2D eigenvalue weighted by Crippen LogP contribution is -2.28. The molecule has 2 atom stereocenters. The SMILES string of the molecule is COc1c(Br)cc(Cl)cc1C(Br)C1(C)CCCO1. The molecule has 0 N–H and O–H groups in total. The first kappa shape index (κ1) is 14.6. The second-order valence-electron chi connectivity index (χ2n) is 4.64. The minimum Gasteiger partial charge on any atom is -0.495 e. The van der Waals surface area contributed by atoms with Crippen molar-refractivity contribution < 1.29 is 9.47 Å². The molecule has 5 heteroatoms. The van der Waals surface area contributed by atoms with Crippen molar-refractivity contribution in [2.45, 2.75) is 30.2 Å². The van der Waals surface area contributed by atoms with Gasteiger partial charge in [0, 0.05) is 17.2 Å². The maximum atomic E-state index is 6.13. The van der Waals surface area contributed by atoms with E-state index in [4.69, 9.17) is 21.1 Å². The fourth-order valence-electron chi connectivity index (χ4n) is 2.31. The Morgan fingerprint density at radius 3 is 2.78 bits per heavy atom. The van der Waals surface area contributed by atoms with Crippen molar-refractivity contribution in [1.82, 2.24) is 0 Å². The highest BCUT2D eigenvalue weighted by Gasteiger charge is 2.39. The van der Waals surface area contributed by atoms with Gasteiger partial charge < -0.3 is 9.47 Å². The van der Waals surface area contributed by atoms with Crippen LogP contribution >= 0.6 is 43.5 Å². The molecule has 0 amide bonds. The van der Waals surface area contributed by atoms with E-state index in [1.807, 2.05) is 12.1 Å². The topological polar surface area (TPSA) is 18.5 Å². The molecule has 0 radical (unpaired) electrons. The number of benzene rings is 1. The molecule has 1 heterocycles. The number of methoxy groups -OCH3 is 1. The monoisotopic (exact) mass is 396 g/mol. The van der Waals surface area contributed by atoms with Crippen LogP contribution in [0.2, 0.25) is 5.02 Å². The zero-order chi connectivity index (χ0) is 13.3. The molecule has 0 spiro atoms. The molecule has 1 saturated heterocycles. The Kier molecular flexibility index (Phi) is 4.63. The Labute approximate surface area is 129 Å². The smallest absolute Gasteiger partial charge is 0.137 e. The van der Waals surface area contributed by atoms with E-state index in [0.29, 0.717) is 5.02 Å². The van der Waals surface area contributed by atoms with Gasteiger partial charge in [0.15, 0.2) is 0 Å². The van der Waals surface area contributed by atoms with Crippen molar-refractivity contribution in [2.24, 2.45) is 0 Å². The Bertz CT molecular complexity index is 445. The third-order valence-corrected chi connectivity index (χ3v) is 5.57. The predicted octanol–water partition coefficient (Wildman–Crippen LogP) is 5.12. The van der Waals surface area contributed by atoms with Crippen LogP contribution < -0.4 is 4.74 Å². The summed E-state index contributed by atoms with van der Waals surface area (Å²) in [5, 5.41) is 0.684. The zero-order valence-corrected chi connectivity index (χ0v) is 14.2. The first-order valence-corrected chi connectivity index (χ1v) is 7.87. The Hall–Kier alpha value is 0.230. The van der Waals surface area contributed by atoms with Gasteiger partial charge in [-0.25, -0.2) is 0 Å². The van der Waals surface area contributed by atoms with Crippen LogP contribution in [0.25, 0.3) is 0 Å². The van der Waals surface area contributed by atoms with Crippen LogP contribution in [0.4, 0.5) is 0 Å². The van der Waals surface area contributed by atoms with Crippen LogP contribution in [-0.4, -0.2) is 19.3 Å². The number of ether oxygens (including phenoxy) is 2. The largest absolute Gasteiger partial charge is 0.495 e. The molecule has 100 valence electrons. The van der Waals surface area contributed by atoms with Gasteiger partial charge in [0.1, 0.15) is 5.75 Å². The second-order valence-corrected chi connectivity index (χ2v) is 6.84. The van der Waals surface area contributed by atoms with E-state index in [1.165, 1.54) is 0 Å².